The van der Waals surface area contributed by atoms with Gasteiger partial charge in [0.15, 0.2) is 0 Å². The summed E-state index contributed by atoms with van der Waals surface area (Å²) in [5.41, 5.74) is 5.10. The van der Waals surface area contributed by atoms with Crippen molar-refractivity contribution in [3.8, 4) is 5.75 Å². The smallest absolute Gasteiger partial charge is 0.272 e. The van der Waals surface area contributed by atoms with Crippen LogP contribution in [0.25, 0.3) is 5.65 Å². The van der Waals surface area contributed by atoms with Gasteiger partial charge in [0.05, 0.1) is 22.1 Å². The van der Waals surface area contributed by atoms with E-state index in [1.54, 1.807) is 6.07 Å². The molecule has 1 fully saturated rings. The van der Waals surface area contributed by atoms with Crippen molar-refractivity contribution in [3.05, 3.63) is 82.0 Å². The molecule has 1 aromatic carbocycles. The lowest BCUT2D eigenvalue weighted by atomic mass is 10.1. The molecule has 32 heavy (non-hydrogen) atoms. The van der Waals surface area contributed by atoms with E-state index < -0.39 is 0 Å². The van der Waals surface area contributed by atoms with E-state index in [-0.39, 0.29) is 11.8 Å². The lowest BCUT2D eigenvalue weighted by molar-refractivity contribution is 0.0783. The highest BCUT2D eigenvalue weighted by molar-refractivity contribution is 6.32. The Labute approximate surface area is 191 Å². The van der Waals surface area contributed by atoms with Gasteiger partial charge in [0, 0.05) is 25.2 Å². The SMILES string of the molecule is Cc1nc2c(C)cccn2c1C(=O)N1CCC(c2cc(COc3ccccc3Cl)[nH]n2)C1. The minimum atomic E-state index is 0.0147. The Morgan fingerprint density at radius 1 is 1.25 bits per heavy atom. The normalized spacial score (nSPS) is 16.1. The van der Waals surface area contributed by atoms with Gasteiger partial charge < -0.3 is 9.64 Å². The van der Waals surface area contributed by atoms with Crippen LogP contribution < -0.4 is 4.74 Å². The van der Waals surface area contributed by atoms with E-state index in [1.165, 1.54) is 0 Å². The molecule has 8 heteroatoms. The highest BCUT2D eigenvalue weighted by atomic mass is 35.5. The van der Waals surface area contributed by atoms with Crippen LogP contribution in [0.1, 0.15) is 45.5 Å². The van der Waals surface area contributed by atoms with Gasteiger partial charge >= 0.3 is 0 Å². The third kappa shape index (κ3) is 3.73. The first-order chi connectivity index (χ1) is 15.5. The molecule has 7 nitrogen and oxygen atoms in total. The third-order valence-corrected chi connectivity index (χ3v) is 6.30. The van der Waals surface area contributed by atoms with Crippen LogP contribution in [0, 0.1) is 13.8 Å². The number of fused-ring (bicyclic) bond motifs is 1. The molecule has 1 N–H and O–H groups in total. The number of likely N-dealkylation sites (tertiary alicyclic amines) is 1. The maximum absolute atomic E-state index is 13.3. The summed E-state index contributed by atoms with van der Waals surface area (Å²) in [4.78, 5) is 19.8. The number of pyridine rings is 1. The number of hydrogen-bond acceptors (Lipinski definition) is 4. The average molecular weight is 450 g/mol. The number of para-hydroxylation sites is 1. The van der Waals surface area contributed by atoms with E-state index in [1.807, 2.05) is 65.7 Å². The Kier molecular flexibility index (Phi) is 5.35. The fourth-order valence-corrected chi connectivity index (χ4v) is 4.48. The quantitative estimate of drug-likeness (QED) is 0.485. The highest BCUT2D eigenvalue weighted by Gasteiger charge is 2.32. The molecule has 0 saturated carbocycles. The van der Waals surface area contributed by atoms with Gasteiger partial charge in [-0.1, -0.05) is 29.8 Å². The first-order valence-corrected chi connectivity index (χ1v) is 11.0. The Balaban J connectivity index is 1.27. The molecule has 5 rings (SSSR count). The molecule has 1 amide bonds. The number of hydrogen-bond donors (Lipinski definition) is 1. The summed E-state index contributed by atoms with van der Waals surface area (Å²) in [7, 11) is 0. The molecule has 0 radical (unpaired) electrons. The molecule has 0 bridgehead atoms. The van der Waals surface area contributed by atoms with Crippen molar-refractivity contribution in [2.75, 3.05) is 13.1 Å². The van der Waals surface area contributed by atoms with E-state index >= 15 is 0 Å². The second-order valence-electron chi connectivity index (χ2n) is 8.20. The number of aromatic amines is 1. The predicted octanol–water partition coefficient (Wildman–Crippen LogP) is 4.54. The van der Waals surface area contributed by atoms with Gasteiger partial charge in [-0.3, -0.25) is 14.3 Å². The van der Waals surface area contributed by atoms with Crippen molar-refractivity contribution in [1.29, 1.82) is 0 Å². The standard InChI is InChI=1S/C24H24ClN5O2/c1-15-6-5-10-30-22(16(2)26-23(15)30)24(31)29-11-9-17(13-29)20-12-18(27-28-20)14-32-21-8-4-3-7-19(21)25/h3-8,10,12,17H,9,11,13-14H2,1-2H3,(H,27,28). The van der Waals surface area contributed by atoms with E-state index in [2.05, 4.69) is 15.2 Å². The molecular formula is C24H24ClN5O2. The van der Waals surface area contributed by atoms with E-state index in [9.17, 15) is 4.79 Å². The van der Waals surface area contributed by atoms with Gasteiger partial charge in [-0.25, -0.2) is 4.98 Å². The predicted molar refractivity (Wildman–Crippen MR) is 122 cm³/mol. The number of H-pyrrole nitrogens is 1. The minimum Gasteiger partial charge on any atom is -0.486 e. The van der Waals surface area contributed by atoms with Crippen molar-refractivity contribution < 1.29 is 9.53 Å². The van der Waals surface area contributed by atoms with E-state index in [0.717, 1.165) is 34.7 Å². The lowest BCUT2D eigenvalue weighted by Gasteiger charge is -2.16. The monoisotopic (exact) mass is 449 g/mol. The Morgan fingerprint density at radius 3 is 2.94 bits per heavy atom. The molecule has 1 aliphatic rings. The summed E-state index contributed by atoms with van der Waals surface area (Å²) >= 11 is 6.15. The maximum atomic E-state index is 13.3. The maximum Gasteiger partial charge on any atom is 0.272 e. The van der Waals surface area contributed by atoms with Crippen LogP contribution in [0.15, 0.2) is 48.7 Å². The molecule has 4 aromatic rings. The van der Waals surface area contributed by atoms with Crippen molar-refractivity contribution in [3.63, 3.8) is 0 Å². The molecular weight excluding hydrogens is 426 g/mol. The van der Waals surface area contributed by atoms with Crippen LogP contribution >= 0.6 is 11.6 Å². The Bertz CT molecular complexity index is 1290. The fraction of sp³-hybridized carbons (Fsp3) is 0.292. The van der Waals surface area contributed by atoms with E-state index in [0.29, 0.717) is 36.2 Å². The molecule has 1 unspecified atom stereocenters. The zero-order chi connectivity index (χ0) is 22.2. The summed E-state index contributed by atoms with van der Waals surface area (Å²) in [6, 6.07) is 13.4. The number of amides is 1. The number of carbonyl (C=O) groups excluding carboxylic acids is 1. The summed E-state index contributed by atoms with van der Waals surface area (Å²) in [6.45, 7) is 5.58. The van der Waals surface area contributed by atoms with Gasteiger partial charge in [0.2, 0.25) is 0 Å². The zero-order valence-electron chi connectivity index (χ0n) is 18.0. The number of benzene rings is 1. The van der Waals surface area contributed by atoms with Crippen LogP contribution in [0.3, 0.4) is 0 Å². The van der Waals surface area contributed by atoms with Crippen molar-refractivity contribution >= 4 is 23.2 Å². The molecule has 164 valence electrons. The first kappa shape index (κ1) is 20.6. The van der Waals surface area contributed by atoms with Crippen LogP contribution in [-0.2, 0) is 6.61 Å². The van der Waals surface area contributed by atoms with Gasteiger partial charge in [-0.15, -0.1) is 0 Å². The van der Waals surface area contributed by atoms with E-state index in [4.69, 9.17) is 16.3 Å². The second kappa shape index (κ2) is 8.31. The number of nitrogens with one attached hydrogen (secondary N) is 1. The van der Waals surface area contributed by atoms with Gasteiger partial charge in [0.25, 0.3) is 5.91 Å². The van der Waals surface area contributed by atoms with Gasteiger partial charge in [0.1, 0.15) is 23.7 Å². The highest BCUT2D eigenvalue weighted by Crippen LogP contribution is 2.29. The average Bonchev–Trinajstić information content (AvgIpc) is 3.51. The van der Waals surface area contributed by atoms with Crippen molar-refractivity contribution in [1.82, 2.24) is 24.5 Å². The molecule has 3 aromatic heterocycles. The Morgan fingerprint density at radius 2 is 2.09 bits per heavy atom. The number of aromatic nitrogens is 4. The number of halogens is 1. The largest absolute Gasteiger partial charge is 0.486 e. The number of nitrogens with zero attached hydrogens (tertiary/aromatic N) is 4. The topological polar surface area (TPSA) is 75.5 Å². The fourth-order valence-electron chi connectivity index (χ4n) is 4.29. The minimum absolute atomic E-state index is 0.0147. The van der Waals surface area contributed by atoms with Crippen LogP contribution in [-0.4, -0.2) is 43.5 Å². The number of carbonyl (C=O) groups is 1. The molecule has 0 aliphatic carbocycles. The summed E-state index contributed by atoms with van der Waals surface area (Å²) in [5.74, 6) is 0.841. The Hall–Kier alpha value is -3.32. The number of aryl methyl sites for hydroxylation is 2. The van der Waals surface area contributed by atoms with Crippen LogP contribution in [0.2, 0.25) is 5.02 Å². The number of ether oxygens (including phenoxy) is 1. The van der Waals surface area contributed by atoms with Crippen LogP contribution in [0.4, 0.5) is 0 Å². The summed E-state index contributed by atoms with van der Waals surface area (Å²) < 4.78 is 7.70. The van der Waals surface area contributed by atoms with Gasteiger partial charge in [-0.2, -0.15) is 5.10 Å². The molecule has 1 atom stereocenters. The van der Waals surface area contributed by atoms with Crippen molar-refractivity contribution in [2.45, 2.75) is 32.8 Å². The number of rotatable bonds is 5. The summed E-state index contributed by atoms with van der Waals surface area (Å²) in [6.07, 6.45) is 2.78. The lowest BCUT2D eigenvalue weighted by Crippen LogP contribution is -2.30. The second-order valence-corrected chi connectivity index (χ2v) is 8.61. The summed E-state index contributed by atoms with van der Waals surface area (Å²) in [5, 5.41) is 8.10. The van der Waals surface area contributed by atoms with Gasteiger partial charge in [-0.05, 0) is 50.1 Å². The molecule has 0 spiro atoms. The molecule has 1 aliphatic heterocycles. The number of imidazole rings is 1. The zero-order valence-corrected chi connectivity index (χ0v) is 18.8. The van der Waals surface area contributed by atoms with Crippen LogP contribution in [0.5, 0.6) is 5.75 Å². The molecule has 1 saturated heterocycles. The first-order valence-electron chi connectivity index (χ1n) is 10.7. The molecule has 4 heterocycles. The third-order valence-electron chi connectivity index (χ3n) is 5.99. The van der Waals surface area contributed by atoms with Crippen molar-refractivity contribution in [2.24, 2.45) is 0 Å².